The van der Waals surface area contributed by atoms with Crippen LogP contribution in [0.1, 0.15) is 6.42 Å². The minimum atomic E-state index is -1.71. The number of halogens is 2. The van der Waals surface area contributed by atoms with Crippen LogP contribution in [0.25, 0.3) is 0 Å². The van der Waals surface area contributed by atoms with Gasteiger partial charge >= 0.3 is 0 Å². The van der Waals surface area contributed by atoms with E-state index in [2.05, 4.69) is 6.58 Å². The van der Waals surface area contributed by atoms with Crippen molar-refractivity contribution in [2.24, 2.45) is 0 Å². The second kappa shape index (κ2) is 2.91. The maximum atomic E-state index is 12.5. The summed E-state index contributed by atoms with van der Waals surface area (Å²) in [6.07, 6.45) is 0.206. The van der Waals surface area contributed by atoms with E-state index in [-0.39, 0.29) is 13.0 Å². The minimum Gasteiger partial charge on any atom is -0.369 e. The summed E-state index contributed by atoms with van der Waals surface area (Å²) in [6, 6.07) is 0. The third kappa shape index (κ3) is 2.27. The van der Waals surface area contributed by atoms with Gasteiger partial charge in [0.25, 0.3) is 0 Å². The molecule has 1 aliphatic rings. The van der Waals surface area contributed by atoms with Crippen molar-refractivity contribution < 1.29 is 13.9 Å². The molecule has 0 saturated heterocycles. The van der Waals surface area contributed by atoms with Crippen LogP contribution in [0.5, 0.6) is 0 Å². The third-order valence-corrected chi connectivity index (χ3v) is 1.80. The standard InChI is InChI=1S/C7H8ClFO2/c1-5(3-10)4-11-6-2-7(6,8)9/h3,6H,1-2,4H2. The first kappa shape index (κ1) is 8.68. The van der Waals surface area contributed by atoms with Crippen molar-refractivity contribution in [3.63, 3.8) is 0 Å². The SMILES string of the molecule is C=C(C=O)COC1CC1(F)Cl. The van der Waals surface area contributed by atoms with Gasteiger partial charge in [-0.25, -0.2) is 4.39 Å². The van der Waals surface area contributed by atoms with Crippen LogP contribution in [-0.4, -0.2) is 24.1 Å². The first-order valence-electron chi connectivity index (χ1n) is 3.18. The first-order chi connectivity index (χ1) is 5.06. The quantitative estimate of drug-likeness (QED) is 0.370. The van der Waals surface area contributed by atoms with Gasteiger partial charge in [-0.3, -0.25) is 4.79 Å². The van der Waals surface area contributed by atoms with E-state index in [4.69, 9.17) is 16.3 Å². The summed E-state index contributed by atoms with van der Waals surface area (Å²) in [4.78, 5) is 9.99. The van der Waals surface area contributed by atoms with E-state index < -0.39 is 11.2 Å². The van der Waals surface area contributed by atoms with Crippen LogP contribution >= 0.6 is 11.6 Å². The van der Waals surface area contributed by atoms with Crippen molar-refractivity contribution in [1.82, 2.24) is 0 Å². The van der Waals surface area contributed by atoms with E-state index in [1.54, 1.807) is 0 Å². The zero-order valence-corrected chi connectivity index (χ0v) is 6.60. The molecule has 1 fully saturated rings. The van der Waals surface area contributed by atoms with Crippen molar-refractivity contribution in [1.29, 1.82) is 0 Å². The first-order valence-corrected chi connectivity index (χ1v) is 3.56. The van der Waals surface area contributed by atoms with Gasteiger partial charge in [0, 0.05) is 12.0 Å². The summed E-state index contributed by atoms with van der Waals surface area (Å²) < 4.78 is 17.4. The fraction of sp³-hybridized carbons (Fsp3) is 0.571. The summed E-state index contributed by atoms with van der Waals surface area (Å²) in [5.74, 6) is 0. The van der Waals surface area contributed by atoms with Crippen LogP contribution in [0.4, 0.5) is 4.39 Å². The second-order valence-electron chi connectivity index (χ2n) is 2.54. The van der Waals surface area contributed by atoms with E-state index in [0.717, 1.165) is 0 Å². The number of ether oxygens (including phenoxy) is 1. The van der Waals surface area contributed by atoms with Gasteiger partial charge in [-0.1, -0.05) is 18.2 Å². The maximum Gasteiger partial charge on any atom is 0.212 e. The Morgan fingerprint density at radius 1 is 2.00 bits per heavy atom. The molecule has 62 valence electrons. The number of hydrogen-bond donors (Lipinski definition) is 0. The van der Waals surface area contributed by atoms with E-state index >= 15 is 0 Å². The van der Waals surface area contributed by atoms with Crippen LogP contribution in [0, 0.1) is 0 Å². The van der Waals surface area contributed by atoms with Gasteiger partial charge in [0.2, 0.25) is 5.13 Å². The molecule has 0 bridgehead atoms. The molecule has 0 amide bonds. The van der Waals surface area contributed by atoms with Gasteiger partial charge in [0.05, 0.1) is 6.61 Å². The second-order valence-corrected chi connectivity index (χ2v) is 3.17. The van der Waals surface area contributed by atoms with Crippen molar-refractivity contribution in [3.8, 4) is 0 Å². The zero-order valence-electron chi connectivity index (χ0n) is 5.85. The highest BCUT2D eigenvalue weighted by Crippen LogP contribution is 2.46. The topological polar surface area (TPSA) is 26.3 Å². The Labute approximate surface area is 69.0 Å². The van der Waals surface area contributed by atoms with Gasteiger partial charge in [-0.2, -0.15) is 0 Å². The van der Waals surface area contributed by atoms with Crippen LogP contribution in [0.3, 0.4) is 0 Å². The number of hydrogen-bond acceptors (Lipinski definition) is 2. The minimum absolute atomic E-state index is 0.0621. The molecule has 0 radical (unpaired) electrons. The predicted molar refractivity (Wildman–Crippen MR) is 39.3 cm³/mol. The number of carbonyl (C=O) groups excluding carboxylic acids is 1. The lowest BCUT2D eigenvalue weighted by Crippen LogP contribution is -2.06. The van der Waals surface area contributed by atoms with E-state index in [1.807, 2.05) is 0 Å². The van der Waals surface area contributed by atoms with Crippen LogP contribution < -0.4 is 0 Å². The Bertz CT molecular complexity index is 191. The highest BCUT2D eigenvalue weighted by Gasteiger charge is 2.55. The molecule has 0 heterocycles. The summed E-state index contributed by atoms with van der Waals surface area (Å²) in [7, 11) is 0. The van der Waals surface area contributed by atoms with Crippen LogP contribution in [-0.2, 0) is 9.53 Å². The predicted octanol–water partition coefficient (Wildman–Crippen LogP) is 1.43. The molecule has 0 aliphatic heterocycles. The lowest BCUT2D eigenvalue weighted by molar-refractivity contribution is -0.105. The number of carbonyl (C=O) groups is 1. The highest BCUT2D eigenvalue weighted by atomic mass is 35.5. The molecule has 0 spiro atoms. The average molecular weight is 179 g/mol. The molecule has 0 aromatic heterocycles. The molecule has 0 N–H and O–H groups in total. The van der Waals surface area contributed by atoms with Crippen molar-refractivity contribution >= 4 is 17.9 Å². The number of alkyl halides is 2. The largest absolute Gasteiger partial charge is 0.369 e. The van der Waals surface area contributed by atoms with E-state index in [9.17, 15) is 9.18 Å². The van der Waals surface area contributed by atoms with Crippen LogP contribution in [0.15, 0.2) is 12.2 Å². The molecule has 2 atom stereocenters. The fourth-order valence-electron chi connectivity index (χ4n) is 0.611. The van der Waals surface area contributed by atoms with Gasteiger partial charge in [0.15, 0.2) is 0 Å². The zero-order chi connectivity index (χ0) is 8.48. The molecule has 4 heteroatoms. The lowest BCUT2D eigenvalue weighted by Gasteiger charge is -2.00. The van der Waals surface area contributed by atoms with Crippen molar-refractivity contribution in [3.05, 3.63) is 12.2 Å². The van der Waals surface area contributed by atoms with Crippen molar-refractivity contribution in [2.75, 3.05) is 6.61 Å². The summed E-state index contributed by atoms with van der Waals surface area (Å²) in [5, 5.41) is -1.71. The van der Waals surface area contributed by atoms with E-state index in [1.165, 1.54) is 0 Å². The summed E-state index contributed by atoms with van der Waals surface area (Å²) in [5.41, 5.74) is 0.296. The monoisotopic (exact) mass is 178 g/mol. The summed E-state index contributed by atoms with van der Waals surface area (Å²) >= 11 is 5.22. The third-order valence-electron chi connectivity index (χ3n) is 1.41. The molecular formula is C7H8ClFO2. The normalized spacial score (nSPS) is 34.9. The van der Waals surface area contributed by atoms with Gasteiger partial charge in [-0.15, -0.1) is 0 Å². The molecule has 1 aliphatic carbocycles. The molecule has 0 aromatic rings. The molecule has 0 aromatic carbocycles. The van der Waals surface area contributed by atoms with Gasteiger partial charge in [0.1, 0.15) is 12.4 Å². The molecule has 1 rings (SSSR count). The van der Waals surface area contributed by atoms with Crippen molar-refractivity contribution in [2.45, 2.75) is 17.7 Å². The van der Waals surface area contributed by atoms with Gasteiger partial charge in [-0.05, 0) is 0 Å². The Morgan fingerprint density at radius 3 is 2.91 bits per heavy atom. The fourth-order valence-corrected chi connectivity index (χ4v) is 0.814. The molecule has 2 unspecified atom stereocenters. The Morgan fingerprint density at radius 2 is 2.55 bits per heavy atom. The molecule has 1 saturated carbocycles. The molecule has 11 heavy (non-hydrogen) atoms. The number of rotatable bonds is 4. The molecule has 2 nitrogen and oxygen atoms in total. The Balaban J connectivity index is 2.16. The average Bonchev–Trinajstić information content (AvgIpc) is 2.54. The smallest absolute Gasteiger partial charge is 0.212 e. The molecular weight excluding hydrogens is 171 g/mol. The Kier molecular flexibility index (Phi) is 2.30. The van der Waals surface area contributed by atoms with Crippen LogP contribution in [0.2, 0.25) is 0 Å². The Hall–Kier alpha value is -0.410. The maximum absolute atomic E-state index is 12.5. The van der Waals surface area contributed by atoms with Gasteiger partial charge < -0.3 is 4.74 Å². The summed E-state index contributed by atoms with van der Waals surface area (Å²) in [6.45, 7) is 3.42. The van der Waals surface area contributed by atoms with E-state index in [0.29, 0.717) is 11.9 Å². The lowest BCUT2D eigenvalue weighted by atomic mass is 10.4. The highest BCUT2D eigenvalue weighted by molar-refractivity contribution is 6.25. The number of aldehydes is 1.